The highest BCUT2D eigenvalue weighted by Gasteiger charge is 2.16. The van der Waals surface area contributed by atoms with E-state index in [2.05, 4.69) is 70.2 Å². The van der Waals surface area contributed by atoms with Gasteiger partial charge >= 0.3 is 0 Å². The third-order valence-electron chi connectivity index (χ3n) is 4.92. The fraction of sp³-hybridized carbons (Fsp3) is 0.286. The smallest absolute Gasteiger partial charge is 0.259 e. The first-order valence-electron chi connectivity index (χ1n) is 11.7. The molecule has 0 fully saturated rings. The molecule has 0 heterocycles. The molecule has 3 rings (SSSR count). The van der Waals surface area contributed by atoms with Gasteiger partial charge in [0.1, 0.15) is 11.5 Å². The number of ether oxygens (including phenoxy) is 2. The van der Waals surface area contributed by atoms with E-state index in [0.29, 0.717) is 59.1 Å². The summed E-state index contributed by atoms with van der Waals surface area (Å²) in [5.41, 5.74) is 2.06. The third kappa shape index (κ3) is 8.10. The molecule has 0 saturated heterocycles. The van der Waals surface area contributed by atoms with Crippen molar-refractivity contribution in [3.63, 3.8) is 0 Å². The highest BCUT2D eigenvalue weighted by Crippen LogP contribution is 2.27. The van der Waals surface area contributed by atoms with E-state index in [0.717, 1.165) is 8.95 Å². The van der Waals surface area contributed by atoms with Crippen molar-refractivity contribution in [1.29, 1.82) is 0 Å². The summed E-state index contributed by atoms with van der Waals surface area (Å²) < 4.78 is 13.2. The van der Waals surface area contributed by atoms with E-state index in [4.69, 9.17) is 9.47 Å². The Balaban J connectivity index is 1.69. The summed E-state index contributed by atoms with van der Waals surface area (Å²) in [6.07, 6.45) is 0. The highest BCUT2D eigenvalue weighted by atomic mass is 79.9. The van der Waals surface area contributed by atoms with Crippen molar-refractivity contribution in [3.05, 3.63) is 80.7 Å². The van der Waals surface area contributed by atoms with Gasteiger partial charge in [0.25, 0.3) is 11.8 Å². The summed E-state index contributed by atoms with van der Waals surface area (Å²) in [6, 6.07) is 17.6. The molecule has 3 aromatic carbocycles. The fourth-order valence-electron chi connectivity index (χ4n) is 3.16. The van der Waals surface area contributed by atoms with Crippen LogP contribution in [0.25, 0.3) is 0 Å². The third-order valence-corrected chi connectivity index (χ3v) is 5.90. The van der Waals surface area contributed by atoms with Crippen LogP contribution < -0.4 is 20.1 Å². The Bertz CT molecular complexity index is 1120. The minimum Gasteiger partial charge on any atom is -0.492 e. The summed E-state index contributed by atoms with van der Waals surface area (Å²) in [5.74, 6) is 1.15. The number of halogens is 2. The SMILES string of the molecule is CC(C)COc1ccc(Br)cc1C(=O)Nc1ccc(NC(=O)c2cc(Br)ccc2OCC(C)C)cc1. The average molecular weight is 618 g/mol. The van der Waals surface area contributed by atoms with Crippen molar-refractivity contribution in [2.24, 2.45) is 11.8 Å². The highest BCUT2D eigenvalue weighted by molar-refractivity contribution is 9.10. The molecule has 0 aromatic heterocycles. The Hall–Kier alpha value is -2.84. The number of hydrogen-bond acceptors (Lipinski definition) is 4. The molecular formula is C28H30Br2N2O4. The molecule has 6 nitrogen and oxygen atoms in total. The molecule has 0 saturated carbocycles. The van der Waals surface area contributed by atoms with E-state index in [1.165, 1.54) is 0 Å². The molecule has 3 aromatic rings. The number of rotatable bonds is 10. The molecule has 0 aliphatic rings. The largest absolute Gasteiger partial charge is 0.492 e. The summed E-state index contributed by atoms with van der Waals surface area (Å²) in [4.78, 5) is 25.9. The second-order valence-corrected chi connectivity index (χ2v) is 11.0. The molecule has 0 bridgehead atoms. The van der Waals surface area contributed by atoms with Crippen molar-refractivity contribution in [2.75, 3.05) is 23.8 Å². The van der Waals surface area contributed by atoms with Crippen LogP contribution in [0, 0.1) is 11.8 Å². The molecule has 0 aliphatic heterocycles. The van der Waals surface area contributed by atoms with Gasteiger partial charge in [-0.15, -0.1) is 0 Å². The standard InChI is InChI=1S/C28H30Br2N2O4/c1-17(2)15-35-25-11-5-19(29)13-23(25)27(33)31-21-7-9-22(10-8-21)32-28(34)24-14-20(30)6-12-26(24)36-16-18(3)4/h5-14,17-18H,15-16H2,1-4H3,(H,31,33)(H,32,34). The first-order chi connectivity index (χ1) is 17.1. The molecule has 0 radical (unpaired) electrons. The van der Waals surface area contributed by atoms with Crippen LogP contribution in [0.4, 0.5) is 11.4 Å². The van der Waals surface area contributed by atoms with Gasteiger partial charge in [0.15, 0.2) is 0 Å². The van der Waals surface area contributed by atoms with Gasteiger partial charge in [-0.25, -0.2) is 0 Å². The zero-order valence-corrected chi connectivity index (χ0v) is 23.9. The minimum absolute atomic E-state index is 0.284. The number of carbonyl (C=O) groups excluding carboxylic acids is 2. The van der Waals surface area contributed by atoms with Crippen LogP contribution in [0.3, 0.4) is 0 Å². The van der Waals surface area contributed by atoms with Gasteiger partial charge in [-0.1, -0.05) is 59.6 Å². The van der Waals surface area contributed by atoms with Crippen LogP contribution in [-0.2, 0) is 0 Å². The van der Waals surface area contributed by atoms with Gasteiger partial charge < -0.3 is 20.1 Å². The number of carbonyl (C=O) groups is 2. The van der Waals surface area contributed by atoms with Crippen LogP contribution in [0.1, 0.15) is 48.4 Å². The van der Waals surface area contributed by atoms with Gasteiger partial charge in [0.05, 0.1) is 24.3 Å². The molecule has 2 amide bonds. The summed E-state index contributed by atoms with van der Waals surface area (Å²) in [5, 5.41) is 5.78. The lowest BCUT2D eigenvalue weighted by Gasteiger charge is -2.15. The lowest BCUT2D eigenvalue weighted by molar-refractivity contribution is 0.101. The lowest BCUT2D eigenvalue weighted by atomic mass is 10.1. The van der Waals surface area contributed by atoms with Crippen LogP contribution in [0.5, 0.6) is 11.5 Å². The Morgan fingerprint density at radius 3 is 1.36 bits per heavy atom. The summed E-state index contributed by atoms with van der Waals surface area (Å²) in [7, 11) is 0. The maximum atomic E-state index is 13.0. The average Bonchev–Trinajstić information content (AvgIpc) is 2.83. The first kappa shape index (κ1) is 27.7. The number of hydrogen-bond donors (Lipinski definition) is 2. The van der Waals surface area contributed by atoms with E-state index in [9.17, 15) is 9.59 Å². The molecule has 2 N–H and O–H groups in total. The van der Waals surface area contributed by atoms with Crippen LogP contribution >= 0.6 is 31.9 Å². The van der Waals surface area contributed by atoms with Crippen molar-refractivity contribution in [3.8, 4) is 11.5 Å². The maximum absolute atomic E-state index is 13.0. The van der Waals surface area contributed by atoms with E-state index in [1.807, 2.05) is 12.1 Å². The van der Waals surface area contributed by atoms with Gasteiger partial charge in [0, 0.05) is 20.3 Å². The van der Waals surface area contributed by atoms with Crippen molar-refractivity contribution in [1.82, 2.24) is 0 Å². The summed E-state index contributed by atoms with van der Waals surface area (Å²) in [6.45, 7) is 9.23. The Kier molecular flexibility index (Phi) is 9.96. The Labute approximate surface area is 229 Å². The lowest BCUT2D eigenvalue weighted by Crippen LogP contribution is -2.16. The fourth-order valence-corrected chi connectivity index (χ4v) is 3.88. The van der Waals surface area contributed by atoms with E-state index in [1.54, 1.807) is 48.5 Å². The van der Waals surface area contributed by atoms with Gasteiger partial charge in [0.2, 0.25) is 0 Å². The second kappa shape index (κ2) is 12.9. The predicted molar refractivity (Wildman–Crippen MR) is 151 cm³/mol. The van der Waals surface area contributed by atoms with Crippen molar-refractivity contribution < 1.29 is 19.1 Å². The Morgan fingerprint density at radius 2 is 1.03 bits per heavy atom. The molecule has 0 atom stereocenters. The molecule has 0 aliphatic carbocycles. The zero-order valence-electron chi connectivity index (χ0n) is 20.7. The quantitative estimate of drug-likeness (QED) is 0.243. The molecular weight excluding hydrogens is 588 g/mol. The minimum atomic E-state index is -0.284. The first-order valence-corrected chi connectivity index (χ1v) is 13.3. The number of nitrogens with one attached hydrogen (secondary N) is 2. The number of amides is 2. The van der Waals surface area contributed by atoms with Crippen LogP contribution in [-0.4, -0.2) is 25.0 Å². The topological polar surface area (TPSA) is 76.7 Å². The monoisotopic (exact) mass is 616 g/mol. The summed E-state index contributed by atoms with van der Waals surface area (Å²) >= 11 is 6.84. The molecule has 0 unspecified atom stereocenters. The molecule has 0 spiro atoms. The zero-order chi connectivity index (χ0) is 26.2. The number of benzene rings is 3. The van der Waals surface area contributed by atoms with E-state index in [-0.39, 0.29) is 11.8 Å². The maximum Gasteiger partial charge on any atom is 0.259 e. The Morgan fingerprint density at radius 1 is 0.667 bits per heavy atom. The van der Waals surface area contributed by atoms with Gasteiger partial charge in [-0.3, -0.25) is 9.59 Å². The van der Waals surface area contributed by atoms with E-state index >= 15 is 0 Å². The van der Waals surface area contributed by atoms with Crippen molar-refractivity contribution >= 4 is 55.0 Å². The van der Waals surface area contributed by atoms with Gasteiger partial charge in [-0.2, -0.15) is 0 Å². The van der Waals surface area contributed by atoms with Gasteiger partial charge in [-0.05, 0) is 72.5 Å². The predicted octanol–water partition coefficient (Wildman–Crippen LogP) is 7.79. The molecule has 36 heavy (non-hydrogen) atoms. The van der Waals surface area contributed by atoms with Crippen LogP contribution in [0.2, 0.25) is 0 Å². The normalized spacial score (nSPS) is 10.9. The molecule has 190 valence electrons. The number of anilines is 2. The van der Waals surface area contributed by atoms with Crippen molar-refractivity contribution in [2.45, 2.75) is 27.7 Å². The second-order valence-electron chi connectivity index (χ2n) is 9.18. The van der Waals surface area contributed by atoms with E-state index < -0.39 is 0 Å². The van der Waals surface area contributed by atoms with Crippen LogP contribution in [0.15, 0.2) is 69.6 Å². The molecule has 8 heteroatoms.